The molecule has 1 N–H and O–H groups in total. The molecule has 1 aromatic carbocycles. The monoisotopic (exact) mass is 313 g/mol. The average molecular weight is 314 g/mol. The fourth-order valence-corrected chi connectivity index (χ4v) is 2.15. The van der Waals surface area contributed by atoms with E-state index in [2.05, 4.69) is 60.2 Å². The molecule has 1 rings (SSSR count). The minimum Gasteiger partial charge on any atom is -0.369 e. The van der Waals surface area contributed by atoms with Gasteiger partial charge in [-0.1, -0.05) is 41.9 Å². The lowest BCUT2D eigenvalue weighted by atomic mass is 10.1. The second kappa shape index (κ2) is 8.68. The minimum atomic E-state index is 0.129. The predicted molar refractivity (Wildman–Crippen MR) is 80.9 cm³/mol. The van der Waals surface area contributed by atoms with E-state index in [0.717, 1.165) is 30.4 Å². The number of hydrogen-bond acceptors (Lipinski definition) is 2. The van der Waals surface area contributed by atoms with Crippen LogP contribution in [-0.2, 0) is 4.74 Å². The lowest BCUT2D eigenvalue weighted by molar-refractivity contribution is -0.00443. The first-order valence-corrected chi connectivity index (χ1v) is 7.58. The van der Waals surface area contributed by atoms with Gasteiger partial charge in [0.2, 0.25) is 0 Å². The summed E-state index contributed by atoms with van der Waals surface area (Å²) in [5.74, 6) is 0. The first kappa shape index (κ1) is 15.7. The van der Waals surface area contributed by atoms with Crippen molar-refractivity contribution in [1.29, 1.82) is 0 Å². The number of rotatable bonds is 8. The third kappa shape index (κ3) is 5.51. The van der Waals surface area contributed by atoms with Crippen molar-refractivity contribution in [2.75, 3.05) is 13.1 Å². The highest BCUT2D eigenvalue weighted by molar-refractivity contribution is 9.10. The Morgan fingerprint density at radius 1 is 1.33 bits per heavy atom. The van der Waals surface area contributed by atoms with Crippen LogP contribution >= 0.6 is 15.9 Å². The Balaban J connectivity index is 2.69. The van der Waals surface area contributed by atoms with Crippen LogP contribution in [0.15, 0.2) is 28.7 Å². The normalized spacial score (nSPS) is 14.4. The van der Waals surface area contributed by atoms with E-state index in [-0.39, 0.29) is 12.2 Å². The molecule has 0 heterocycles. The average Bonchev–Trinajstić information content (AvgIpc) is 2.37. The van der Waals surface area contributed by atoms with Crippen molar-refractivity contribution in [3.63, 3.8) is 0 Å². The van der Waals surface area contributed by atoms with Gasteiger partial charge in [0.1, 0.15) is 0 Å². The largest absolute Gasteiger partial charge is 0.369 e. The Labute approximate surface area is 119 Å². The Morgan fingerprint density at radius 2 is 2.11 bits per heavy atom. The molecule has 2 unspecified atom stereocenters. The second-order valence-electron chi connectivity index (χ2n) is 4.60. The van der Waals surface area contributed by atoms with Gasteiger partial charge in [-0.05, 0) is 44.0 Å². The minimum absolute atomic E-state index is 0.129. The van der Waals surface area contributed by atoms with E-state index in [9.17, 15) is 0 Å². The molecule has 2 nitrogen and oxygen atoms in total. The molecule has 18 heavy (non-hydrogen) atoms. The summed E-state index contributed by atoms with van der Waals surface area (Å²) in [4.78, 5) is 0. The quantitative estimate of drug-likeness (QED) is 0.722. The van der Waals surface area contributed by atoms with Crippen LogP contribution in [0.3, 0.4) is 0 Å². The van der Waals surface area contributed by atoms with Gasteiger partial charge in [-0.3, -0.25) is 0 Å². The van der Waals surface area contributed by atoms with E-state index in [4.69, 9.17) is 4.74 Å². The molecule has 0 saturated carbocycles. The number of halogens is 1. The highest BCUT2D eigenvalue weighted by atomic mass is 79.9. The summed E-state index contributed by atoms with van der Waals surface area (Å²) in [6.45, 7) is 8.37. The maximum atomic E-state index is 6.10. The molecular weight excluding hydrogens is 290 g/mol. The molecule has 0 radical (unpaired) electrons. The van der Waals surface area contributed by atoms with Gasteiger partial charge in [0.05, 0.1) is 12.2 Å². The fraction of sp³-hybridized carbons (Fsp3) is 0.600. The van der Waals surface area contributed by atoms with E-state index in [1.54, 1.807) is 0 Å². The third-order valence-corrected chi connectivity index (χ3v) is 3.44. The molecule has 0 bridgehead atoms. The lowest BCUT2D eigenvalue weighted by Crippen LogP contribution is -2.26. The van der Waals surface area contributed by atoms with Crippen LogP contribution in [-0.4, -0.2) is 19.2 Å². The summed E-state index contributed by atoms with van der Waals surface area (Å²) in [7, 11) is 0. The first-order valence-electron chi connectivity index (χ1n) is 6.79. The third-order valence-electron chi connectivity index (χ3n) is 2.95. The van der Waals surface area contributed by atoms with Gasteiger partial charge in [0.25, 0.3) is 0 Å². The lowest BCUT2D eigenvalue weighted by Gasteiger charge is -2.23. The maximum absolute atomic E-state index is 6.10. The van der Waals surface area contributed by atoms with Crippen molar-refractivity contribution in [3.8, 4) is 0 Å². The Morgan fingerprint density at radius 3 is 2.72 bits per heavy atom. The van der Waals surface area contributed by atoms with Crippen LogP contribution in [0, 0.1) is 0 Å². The molecule has 102 valence electrons. The van der Waals surface area contributed by atoms with Crippen LogP contribution in [0.2, 0.25) is 0 Å². The first-order chi connectivity index (χ1) is 8.67. The van der Waals surface area contributed by atoms with E-state index in [1.165, 1.54) is 5.56 Å². The van der Waals surface area contributed by atoms with Gasteiger partial charge >= 0.3 is 0 Å². The molecular formula is C15H24BrNO. The number of nitrogens with one attached hydrogen (secondary N) is 1. The van der Waals surface area contributed by atoms with Crippen molar-refractivity contribution in [2.24, 2.45) is 0 Å². The van der Waals surface area contributed by atoms with Crippen molar-refractivity contribution in [3.05, 3.63) is 34.3 Å². The summed E-state index contributed by atoms with van der Waals surface area (Å²) in [5.41, 5.74) is 1.23. The molecule has 0 aliphatic rings. The van der Waals surface area contributed by atoms with Gasteiger partial charge in [-0.15, -0.1) is 0 Å². The van der Waals surface area contributed by atoms with Gasteiger partial charge in [0.15, 0.2) is 0 Å². The molecule has 0 aliphatic carbocycles. The highest BCUT2D eigenvalue weighted by Gasteiger charge is 2.14. The topological polar surface area (TPSA) is 21.3 Å². The number of hydrogen-bond donors (Lipinski definition) is 1. The van der Waals surface area contributed by atoms with Gasteiger partial charge in [-0.2, -0.15) is 0 Å². The Kier molecular flexibility index (Phi) is 7.56. The number of benzene rings is 1. The SMILES string of the molecule is CCCNCC(OC(C)CC)c1cccc(Br)c1. The molecule has 3 heteroatoms. The fourth-order valence-electron chi connectivity index (χ4n) is 1.74. The summed E-state index contributed by atoms with van der Waals surface area (Å²) < 4.78 is 7.21. The zero-order valence-electron chi connectivity index (χ0n) is 11.6. The van der Waals surface area contributed by atoms with E-state index in [1.807, 2.05) is 6.07 Å². The van der Waals surface area contributed by atoms with Gasteiger partial charge in [-0.25, -0.2) is 0 Å². The Bertz CT molecular complexity index is 343. The maximum Gasteiger partial charge on any atom is 0.0953 e. The highest BCUT2D eigenvalue weighted by Crippen LogP contribution is 2.22. The molecule has 0 amide bonds. The predicted octanol–water partition coefficient (Wildman–Crippen LogP) is 4.30. The standard InChI is InChI=1S/C15H24BrNO/c1-4-9-17-11-15(18-12(3)5-2)13-7-6-8-14(16)10-13/h6-8,10,12,15,17H,4-5,9,11H2,1-3H3. The van der Waals surface area contributed by atoms with E-state index in [0.29, 0.717) is 0 Å². The van der Waals surface area contributed by atoms with Crippen LogP contribution in [0.25, 0.3) is 0 Å². The smallest absolute Gasteiger partial charge is 0.0953 e. The summed E-state index contributed by atoms with van der Waals surface area (Å²) in [6.07, 6.45) is 2.61. The van der Waals surface area contributed by atoms with Crippen LogP contribution in [0.1, 0.15) is 45.3 Å². The molecule has 2 atom stereocenters. The van der Waals surface area contributed by atoms with Gasteiger partial charge < -0.3 is 10.1 Å². The second-order valence-corrected chi connectivity index (χ2v) is 5.52. The zero-order chi connectivity index (χ0) is 13.4. The van der Waals surface area contributed by atoms with Crippen molar-refractivity contribution >= 4 is 15.9 Å². The molecule has 0 aliphatic heterocycles. The van der Waals surface area contributed by atoms with Crippen molar-refractivity contribution in [1.82, 2.24) is 5.32 Å². The van der Waals surface area contributed by atoms with E-state index < -0.39 is 0 Å². The molecule has 0 aromatic heterocycles. The molecule has 1 aromatic rings. The molecule has 0 fully saturated rings. The molecule has 0 saturated heterocycles. The van der Waals surface area contributed by atoms with Crippen LogP contribution in [0.4, 0.5) is 0 Å². The Hall–Kier alpha value is -0.380. The van der Waals surface area contributed by atoms with Crippen LogP contribution in [0.5, 0.6) is 0 Å². The van der Waals surface area contributed by atoms with Crippen molar-refractivity contribution < 1.29 is 4.74 Å². The summed E-state index contributed by atoms with van der Waals surface area (Å²) >= 11 is 3.52. The van der Waals surface area contributed by atoms with Crippen LogP contribution < -0.4 is 5.32 Å². The zero-order valence-corrected chi connectivity index (χ0v) is 13.2. The summed E-state index contributed by atoms with van der Waals surface area (Å²) in [5, 5.41) is 3.44. The molecule has 0 spiro atoms. The summed E-state index contributed by atoms with van der Waals surface area (Å²) in [6, 6.07) is 8.38. The van der Waals surface area contributed by atoms with E-state index >= 15 is 0 Å². The number of ether oxygens (including phenoxy) is 1. The van der Waals surface area contributed by atoms with Gasteiger partial charge in [0, 0.05) is 11.0 Å². The van der Waals surface area contributed by atoms with Crippen molar-refractivity contribution in [2.45, 2.75) is 45.8 Å².